The maximum absolute atomic E-state index is 10.0. The Morgan fingerprint density at radius 1 is 1.70 bits per heavy atom. The highest BCUT2D eigenvalue weighted by atomic mass is 16.3. The molecular weight excluding hydrogens is 132 g/mol. The van der Waals surface area contributed by atoms with Crippen LogP contribution in [0.25, 0.3) is 0 Å². The summed E-state index contributed by atoms with van der Waals surface area (Å²) in [7, 11) is 0. The molecule has 0 bridgehead atoms. The van der Waals surface area contributed by atoms with Crippen LogP contribution < -0.4 is 10.6 Å². The van der Waals surface area contributed by atoms with Gasteiger partial charge in [0.15, 0.2) is 0 Å². The fourth-order valence-electron chi connectivity index (χ4n) is 1.21. The number of aliphatic hydroxyl groups is 1. The van der Waals surface area contributed by atoms with E-state index >= 15 is 0 Å². The fourth-order valence-corrected chi connectivity index (χ4v) is 1.21. The van der Waals surface area contributed by atoms with Crippen LogP contribution >= 0.6 is 0 Å². The minimum atomic E-state index is 0.113. The summed E-state index contributed by atoms with van der Waals surface area (Å²) in [5, 5.41) is 14.5. The summed E-state index contributed by atoms with van der Waals surface area (Å²) in [4.78, 5) is 10.0. The Bertz CT molecular complexity index is 118. The second-order valence-electron chi connectivity index (χ2n) is 2.49. The van der Waals surface area contributed by atoms with E-state index < -0.39 is 0 Å². The van der Waals surface area contributed by atoms with Gasteiger partial charge in [-0.05, 0) is 0 Å². The first-order valence-corrected chi connectivity index (χ1v) is 3.39. The molecule has 1 heterocycles. The monoisotopic (exact) mass is 144 g/mol. The molecule has 0 unspecified atom stereocenters. The molecule has 10 heavy (non-hydrogen) atoms. The van der Waals surface area contributed by atoms with Gasteiger partial charge in [-0.25, -0.2) is 0 Å². The molecule has 1 amide bonds. The maximum atomic E-state index is 10.0. The van der Waals surface area contributed by atoms with Gasteiger partial charge < -0.3 is 15.7 Å². The quantitative estimate of drug-likeness (QED) is 0.414. The standard InChI is InChI=1S/C6H12N2O2/c9-3-5-1-7-2-6(5)8-4-10/h4-7,9H,1-3H2,(H,8,10)/t5-,6+/m0/s1. The first-order valence-electron chi connectivity index (χ1n) is 3.39. The highest BCUT2D eigenvalue weighted by Crippen LogP contribution is 2.06. The molecule has 4 heteroatoms. The van der Waals surface area contributed by atoms with E-state index in [4.69, 9.17) is 5.11 Å². The molecule has 3 N–H and O–H groups in total. The van der Waals surface area contributed by atoms with Crippen molar-refractivity contribution in [3.8, 4) is 0 Å². The lowest BCUT2D eigenvalue weighted by molar-refractivity contribution is -0.110. The lowest BCUT2D eigenvalue weighted by atomic mass is 10.1. The predicted molar refractivity (Wildman–Crippen MR) is 36.4 cm³/mol. The van der Waals surface area contributed by atoms with Crippen LogP contribution in [-0.2, 0) is 4.79 Å². The zero-order valence-electron chi connectivity index (χ0n) is 5.71. The lowest BCUT2D eigenvalue weighted by Gasteiger charge is -2.13. The molecule has 0 aromatic carbocycles. The second kappa shape index (κ2) is 3.53. The Hall–Kier alpha value is -0.610. The van der Waals surface area contributed by atoms with E-state index in [2.05, 4.69) is 10.6 Å². The molecule has 1 rings (SSSR count). The molecule has 2 atom stereocenters. The molecule has 1 fully saturated rings. The Labute approximate surface area is 59.6 Å². The van der Waals surface area contributed by atoms with Crippen molar-refractivity contribution >= 4 is 6.41 Å². The first-order chi connectivity index (χ1) is 4.88. The van der Waals surface area contributed by atoms with Gasteiger partial charge in [0, 0.05) is 31.7 Å². The van der Waals surface area contributed by atoms with Gasteiger partial charge in [-0.2, -0.15) is 0 Å². The average molecular weight is 144 g/mol. The van der Waals surface area contributed by atoms with Crippen LogP contribution in [0.2, 0.25) is 0 Å². The molecular formula is C6H12N2O2. The Kier molecular flexibility index (Phi) is 2.65. The second-order valence-corrected chi connectivity index (χ2v) is 2.49. The summed E-state index contributed by atoms with van der Waals surface area (Å²) in [5.41, 5.74) is 0. The van der Waals surface area contributed by atoms with E-state index in [0.717, 1.165) is 13.1 Å². The van der Waals surface area contributed by atoms with Crippen molar-refractivity contribution in [3.05, 3.63) is 0 Å². The maximum Gasteiger partial charge on any atom is 0.207 e. The van der Waals surface area contributed by atoms with E-state index in [-0.39, 0.29) is 18.6 Å². The molecule has 0 spiro atoms. The van der Waals surface area contributed by atoms with Crippen LogP contribution in [0, 0.1) is 5.92 Å². The van der Waals surface area contributed by atoms with Gasteiger partial charge in [0.05, 0.1) is 0 Å². The largest absolute Gasteiger partial charge is 0.396 e. The van der Waals surface area contributed by atoms with Gasteiger partial charge in [-0.1, -0.05) is 0 Å². The minimum absolute atomic E-state index is 0.113. The van der Waals surface area contributed by atoms with Crippen molar-refractivity contribution < 1.29 is 9.90 Å². The van der Waals surface area contributed by atoms with E-state index in [1.807, 2.05) is 0 Å². The van der Waals surface area contributed by atoms with Crippen molar-refractivity contribution in [2.75, 3.05) is 19.7 Å². The summed E-state index contributed by atoms with van der Waals surface area (Å²) in [6.45, 7) is 1.70. The zero-order chi connectivity index (χ0) is 7.40. The van der Waals surface area contributed by atoms with Crippen LogP contribution in [0.15, 0.2) is 0 Å². The van der Waals surface area contributed by atoms with E-state index in [0.29, 0.717) is 6.41 Å². The molecule has 1 saturated heterocycles. The number of amides is 1. The Morgan fingerprint density at radius 3 is 3.10 bits per heavy atom. The van der Waals surface area contributed by atoms with Crippen molar-refractivity contribution in [2.45, 2.75) is 6.04 Å². The molecule has 0 saturated carbocycles. The van der Waals surface area contributed by atoms with Crippen molar-refractivity contribution in [2.24, 2.45) is 5.92 Å². The third kappa shape index (κ3) is 1.46. The molecule has 0 radical (unpaired) electrons. The topological polar surface area (TPSA) is 61.4 Å². The number of hydrogen-bond donors (Lipinski definition) is 3. The summed E-state index contributed by atoms with van der Waals surface area (Å²) >= 11 is 0. The van der Waals surface area contributed by atoms with Gasteiger partial charge in [0.1, 0.15) is 0 Å². The van der Waals surface area contributed by atoms with E-state index in [9.17, 15) is 4.79 Å². The van der Waals surface area contributed by atoms with Crippen LogP contribution in [-0.4, -0.2) is 37.3 Å². The molecule has 58 valence electrons. The molecule has 0 aromatic rings. The highest BCUT2D eigenvalue weighted by molar-refractivity contribution is 5.47. The van der Waals surface area contributed by atoms with Gasteiger partial charge >= 0.3 is 0 Å². The van der Waals surface area contributed by atoms with Crippen molar-refractivity contribution in [1.82, 2.24) is 10.6 Å². The highest BCUT2D eigenvalue weighted by Gasteiger charge is 2.25. The average Bonchev–Trinajstić information content (AvgIpc) is 2.36. The van der Waals surface area contributed by atoms with Crippen LogP contribution in [0.5, 0.6) is 0 Å². The Balaban J connectivity index is 2.34. The number of aliphatic hydroxyl groups excluding tert-OH is 1. The summed E-state index contributed by atoms with van der Waals surface area (Å²) in [5.74, 6) is 0.185. The summed E-state index contributed by atoms with van der Waals surface area (Å²) < 4.78 is 0. The predicted octanol–water partition coefficient (Wildman–Crippen LogP) is -1.69. The number of rotatable bonds is 3. The van der Waals surface area contributed by atoms with Crippen LogP contribution in [0.3, 0.4) is 0 Å². The number of carbonyl (C=O) groups excluding carboxylic acids is 1. The van der Waals surface area contributed by atoms with Crippen molar-refractivity contribution in [3.63, 3.8) is 0 Å². The molecule has 1 aliphatic heterocycles. The third-order valence-electron chi connectivity index (χ3n) is 1.86. The van der Waals surface area contributed by atoms with Gasteiger partial charge in [0.2, 0.25) is 6.41 Å². The van der Waals surface area contributed by atoms with Crippen LogP contribution in [0.4, 0.5) is 0 Å². The van der Waals surface area contributed by atoms with Crippen molar-refractivity contribution in [1.29, 1.82) is 0 Å². The molecule has 1 aliphatic rings. The fraction of sp³-hybridized carbons (Fsp3) is 0.833. The number of hydrogen-bond acceptors (Lipinski definition) is 3. The molecule has 4 nitrogen and oxygen atoms in total. The minimum Gasteiger partial charge on any atom is -0.396 e. The Morgan fingerprint density at radius 2 is 2.50 bits per heavy atom. The van der Waals surface area contributed by atoms with Gasteiger partial charge in [-0.15, -0.1) is 0 Å². The van der Waals surface area contributed by atoms with E-state index in [1.165, 1.54) is 0 Å². The zero-order valence-corrected chi connectivity index (χ0v) is 5.71. The third-order valence-corrected chi connectivity index (χ3v) is 1.86. The van der Waals surface area contributed by atoms with Gasteiger partial charge in [0.25, 0.3) is 0 Å². The van der Waals surface area contributed by atoms with Gasteiger partial charge in [-0.3, -0.25) is 4.79 Å². The number of nitrogens with one attached hydrogen (secondary N) is 2. The molecule has 0 aromatic heterocycles. The van der Waals surface area contributed by atoms with Crippen LogP contribution in [0.1, 0.15) is 0 Å². The number of carbonyl (C=O) groups is 1. The summed E-state index contributed by atoms with van der Waals surface area (Å²) in [6.07, 6.45) is 0.681. The first kappa shape index (κ1) is 7.50. The SMILES string of the molecule is O=CN[C@@H]1CNC[C@H]1CO. The summed E-state index contributed by atoms with van der Waals surface area (Å²) in [6, 6.07) is 0.113. The lowest BCUT2D eigenvalue weighted by Crippen LogP contribution is -2.36. The molecule has 0 aliphatic carbocycles. The van der Waals surface area contributed by atoms with E-state index in [1.54, 1.807) is 0 Å². The smallest absolute Gasteiger partial charge is 0.207 e. The normalized spacial score (nSPS) is 32.1.